The second kappa shape index (κ2) is 14.4. The van der Waals surface area contributed by atoms with E-state index in [-0.39, 0.29) is 35.2 Å². The summed E-state index contributed by atoms with van der Waals surface area (Å²) in [5.41, 5.74) is 3.46. The van der Waals surface area contributed by atoms with E-state index in [1.807, 2.05) is 44.2 Å². The lowest BCUT2D eigenvalue weighted by Gasteiger charge is -2.34. The first-order valence-corrected chi connectivity index (χ1v) is 15.9. The number of nitrogens with zero attached hydrogens (tertiary/aromatic N) is 2. The summed E-state index contributed by atoms with van der Waals surface area (Å²) < 4.78 is 35.1. The Hall–Kier alpha value is -4.34. The lowest BCUT2D eigenvalue weighted by molar-refractivity contribution is -0.139. The number of rotatable bonds is 12. The number of amides is 2. The predicted molar refractivity (Wildman–Crippen MR) is 173 cm³/mol. The molecule has 10 heteroatoms. The van der Waals surface area contributed by atoms with Crippen molar-refractivity contribution in [3.63, 3.8) is 0 Å². The highest BCUT2D eigenvalue weighted by molar-refractivity contribution is 7.92. The molecule has 0 aliphatic carbocycles. The van der Waals surface area contributed by atoms with Gasteiger partial charge in [-0.15, -0.1) is 0 Å². The molecule has 0 aliphatic heterocycles. The smallest absolute Gasteiger partial charge is 0.264 e. The number of anilines is 1. The molecule has 230 valence electrons. The first kappa shape index (κ1) is 32.6. The molecule has 0 spiro atoms. The lowest BCUT2D eigenvalue weighted by atomic mass is 10.0. The van der Waals surface area contributed by atoms with Crippen LogP contribution in [-0.2, 0) is 32.6 Å². The Balaban J connectivity index is 1.83. The summed E-state index contributed by atoms with van der Waals surface area (Å²) in [5.74, 6) is -0.656. The van der Waals surface area contributed by atoms with Crippen LogP contribution in [0.4, 0.5) is 5.69 Å². The monoisotopic (exact) mass is 633 g/mol. The molecule has 0 unspecified atom stereocenters. The van der Waals surface area contributed by atoms with Crippen molar-refractivity contribution < 1.29 is 22.7 Å². The topological polar surface area (TPSA) is 96.0 Å². The lowest BCUT2D eigenvalue weighted by Crippen LogP contribution is -2.53. The summed E-state index contributed by atoms with van der Waals surface area (Å²) in [5, 5.41) is 3.21. The third kappa shape index (κ3) is 7.78. The van der Waals surface area contributed by atoms with E-state index in [1.54, 1.807) is 54.6 Å². The number of halogens is 1. The Morgan fingerprint density at radius 3 is 2.11 bits per heavy atom. The Kier molecular flexibility index (Phi) is 10.7. The van der Waals surface area contributed by atoms with Crippen LogP contribution in [0.5, 0.6) is 5.75 Å². The van der Waals surface area contributed by atoms with Crippen molar-refractivity contribution >= 4 is 39.1 Å². The minimum absolute atomic E-state index is 0.0239. The van der Waals surface area contributed by atoms with E-state index in [4.69, 9.17) is 16.3 Å². The minimum atomic E-state index is -4.25. The van der Waals surface area contributed by atoms with Crippen molar-refractivity contribution in [2.45, 2.75) is 37.8 Å². The first-order chi connectivity index (χ1) is 21.0. The zero-order valence-corrected chi connectivity index (χ0v) is 26.7. The average molecular weight is 634 g/mol. The number of nitrogens with one attached hydrogen (secondary N) is 1. The van der Waals surface area contributed by atoms with Gasteiger partial charge in [-0.3, -0.25) is 13.9 Å². The van der Waals surface area contributed by atoms with Gasteiger partial charge >= 0.3 is 0 Å². The Labute approximate surface area is 264 Å². The fraction of sp³-hybridized carbons (Fsp3) is 0.235. The number of carbonyl (C=O) groups is 2. The van der Waals surface area contributed by atoms with Crippen LogP contribution in [-0.4, -0.2) is 51.9 Å². The van der Waals surface area contributed by atoms with Crippen LogP contribution < -0.4 is 14.4 Å². The van der Waals surface area contributed by atoms with Crippen LogP contribution in [0, 0.1) is 13.8 Å². The van der Waals surface area contributed by atoms with Crippen molar-refractivity contribution in [2.75, 3.05) is 25.0 Å². The highest BCUT2D eigenvalue weighted by Crippen LogP contribution is 2.34. The molecule has 4 aromatic carbocycles. The summed E-state index contributed by atoms with van der Waals surface area (Å²) in [7, 11) is -1.29. The maximum atomic E-state index is 14.4. The van der Waals surface area contributed by atoms with Gasteiger partial charge in [0.15, 0.2) is 0 Å². The second-order valence-corrected chi connectivity index (χ2v) is 12.8. The maximum absolute atomic E-state index is 14.4. The molecule has 0 fully saturated rings. The highest BCUT2D eigenvalue weighted by Gasteiger charge is 2.35. The van der Waals surface area contributed by atoms with Crippen molar-refractivity contribution in [2.24, 2.45) is 0 Å². The number of hydrogen-bond donors (Lipinski definition) is 1. The van der Waals surface area contributed by atoms with Gasteiger partial charge in [0.1, 0.15) is 18.3 Å². The summed E-state index contributed by atoms with van der Waals surface area (Å²) in [6, 6.07) is 27.0. The van der Waals surface area contributed by atoms with Gasteiger partial charge in [-0.1, -0.05) is 77.8 Å². The van der Waals surface area contributed by atoms with Gasteiger partial charge in [-0.2, -0.15) is 0 Å². The number of methoxy groups -OCH3 is 1. The molecule has 4 rings (SSSR count). The third-order valence-corrected chi connectivity index (χ3v) is 9.30. The average Bonchev–Trinajstić information content (AvgIpc) is 3.02. The molecule has 8 nitrogen and oxygen atoms in total. The van der Waals surface area contributed by atoms with Crippen molar-refractivity contribution in [3.8, 4) is 5.75 Å². The van der Waals surface area contributed by atoms with Crippen LogP contribution in [0.1, 0.15) is 22.3 Å². The normalized spacial score (nSPS) is 11.8. The van der Waals surface area contributed by atoms with Crippen LogP contribution in [0.15, 0.2) is 102 Å². The van der Waals surface area contributed by atoms with E-state index in [0.717, 1.165) is 26.6 Å². The molecule has 0 radical (unpaired) electrons. The molecule has 0 bridgehead atoms. The number of aryl methyl sites for hydroxylation is 2. The molecule has 2 amide bonds. The number of likely N-dealkylation sites (N-methyl/N-ethyl adjacent to an activating group) is 1. The van der Waals surface area contributed by atoms with E-state index >= 15 is 0 Å². The van der Waals surface area contributed by atoms with E-state index in [1.165, 1.54) is 31.2 Å². The Bertz CT molecular complexity index is 1700. The quantitative estimate of drug-likeness (QED) is 0.221. The zero-order valence-electron chi connectivity index (χ0n) is 25.2. The molecular weight excluding hydrogens is 598 g/mol. The predicted octanol–water partition coefficient (Wildman–Crippen LogP) is 5.55. The SMILES string of the molecule is CNC(=O)[C@@H](Cc1ccccc1)N(Cc1ccc(Cl)cc1)C(=O)CN(c1cc(C)ccc1OC)S(=O)(=O)c1ccc(C)cc1. The highest BCUT2D eigenvalue weighted by atomic mass is 35.5. The molecule has 0 saturated carbocycles. The molecule has 0 aromatic heterocycles. The van der Waals surface area contributed by atoms with Crippen molar-refractivity contribution in [3.05, 3.63) is 124 Å². The van der Waals surface area contributed by atoms with Gasteiger partial charge in [0, 0.05) is 25.0 Å². The van der Waals surface area contributed by atoms with E-state index in [0.29, 0.717) is 5.02 Å². The molecule has 4 aromatic rings. The Morgan fingerprint density at radius 1 is 0.864 bits per heavy atom. The maximum Gasteiger partial charge on any atom is 0.264 e. The molecule has 0 heterocycles. The van der Waals surface area contributed by atoms with Crippen LogP contribution >= 0.6 is 11.6 Å². The van der Waals surface area contributed by atoms with Crippen LogP contribution in [0.2, 0.25) is 5.02 Å². The van der Waals surface area contributed by atoms with Gasteiger partial charge < -0.3 is 15.0 Å². The summed E-state index contributed by atoms with van der Waals surface area (Å²) in [6.45, 7) is 3.16. The number of sulfonamides is 1. The molecule has 1 atom stereocenters. The largest absolute Gasteiger partial charge is 0.495 e. The minimum Gasteiger partial charge on any atom is -0.495 e. The fourth-order valence-electron chi connectivity index (χ4n) is 4.85. The number of benzene rings is 4. The van der Waals surface area contributed by atoms with Crippen molar-refractivity contribution in [1.29, 1.82) is 0 Å². The van der Waals surface area contributed by atoms with E-state index in [9.17, 15) is 18.0 Å². The van der Waals surface area contributed by atoms with Crippen LogP contribution in [0.3, 0.4) is 0 Å². The summed E-state index contributed by atoms with van der Waals surface area (Å²) in [6.07, 6.45) is 0.221. The van der Waals surface area contributed by atoms with Gasteiger partial charge in [0.05, 0.1) is 17.7 Å². The van der Waals surface area contributed by atoms with E-state index in [2.05, 4.69) is 5.32 Å². The Morgan fingerprint density at radius 2 is 1.50 bits per heavy atom. The van der Waals surface area contributed by atoms with Crippen LogP contribution in [0.25, 0.3) is 0 Å². The molecule has 1 N–H and O–H groups in total. The number of carbonyl (C=O) groups excluding carboxylic acids is 2. The summed E-state index contributed by atoms with van der Waals surface area (Å²) in [4.78, 5) is 29.3. The zero-order chi connectivity index (χ0) is 31.9. The van der Waals surface area contributed by atoms with Gasteiger partial charge in [0.25, 0.3) is 10.0 Å². The number of ether oxygens (including phenoxy) is 1. The van der Waals surface area contributed by atoms with Crippen molar-refractivity contribution in [1.82, 2.24) is 10.2 Å². The molecule has 44 heavy (non-hydrogen) atoms. The molecule has 0 saturated heterocycles. The fourth-order valence-corrected chi connectivity index (χ4v) is 6.40. The first-order valence-electron chi connectivity index (χ1n) is 14.1. The standard InChI is InChI=1S/C34H36ClN3O5S/c1-24-10-17-29(18-11-24)44(41,42)38(30-20-25(2)12-19-32(30)43-4)23-33(39)37(22-27-13-15-28(35)16-14-27)31(34(40)36-3)21-26-8-6-5-7-9-26/h5-20,31H,21-23H2,1-4H3,(H,36,40)/t31-/m1/s1. The van der Waals surface area contributed by atoms with E-state index < -0.39 is 28.5 Å². The molecular formula is C34H36ClN3O5S. The van der Waals surface area contributed by atoms with Gasteiger partial charge in [0.2, 0.25) is 11.8 Å². The van der Waals surface area contributed by atoms with Gasteiger partial charge in [-0.25, -0.2) is 8.42 Å². The second-order valence-electron chi connectivity index (χ2n) is 10.5. The van der Waals surface area contributed by atoms with Gasteiger partial charge in [-0.05, 0) is 66.9 Å². The number of hydrogen-bond acceptors (Lipinski definition) is 5. The summed E-state index contributed by atoms with van der Waals surface area (Å²) >= 11 is 6.12. The third-order valence-electron chi connectivity index (χ3n) is 7.27. The molecule has 0 aliphatic rings.